The summed E-state index contributed by atoms with van der Waals surface area (Å²) in [5.41, 5.74) is 1.82. The molecule has 0 spiro atoms. The topological polar surface area (TPSA) is 260 Å². The Labute approximate surface area is 332 Å². The van der Waals surface area contributed by atoms with Crippen molar-refractivity contribution in [3.8, 4) is 0 Å². The van der Waals surface area contributed by atoms with Gasteiger partial charge in [-0.25, -0.2) is 0 Å². The van der Waals surface area contributed by atoms with Crippen LogP contribution in [0.4, 0.5) is 0 Å². The zero-order valence-electron chi connectivity index (χ0n) is 31.4. The maximum Gasteiger partial charge on any atom is 0.305 e. The number of fused-ring (bicyclic) bond motifs is 1. The molecule has 2 fully saturated rings. The van der Waals surface area contributed by atoms with Crippen LogP contribution < -0.4 is 37.2 Å². The van der Waals surface area contributed by atoms with E-state index in [0.717, 1.165) is 16.5 Å². The predicted molar refractivity (Wildman–Crippen MR) is 211 cm³/mol. The van der Waals surface area contributed by atoms with Crippen molar-refractivity contribution in [3.05, 3.63) is 36.0 Å². The molecule has 2 aliphatic heterocycles. The lowest BCUT2D eigenvalue weighted by molar-refractivity contribution is -0.143. The molecule has 4 atom stereocenters. The number of nitrogens with one attached hydrogen (secondary N) is 8. The summed E-state index contributed by atoms with van der Waals surface area (Å²) in [5, 5.41) is 29.0. The van der Waals surface area contributed by atoms with Gasteiger partial charge in [-0.15, -0.1) is 0 Å². The second-order valence-corrected chi connectivity index (χ2v) is 16.3. The molecular formula is C36H51N9O9S2. The molecule has 1 aromatic carbocycles. The lowest BCUT2D eigenvalue weighted by atomic mass is 9.97. The molecule has 18 nitrogen and oxygen atoms in total. The van der Waals surface area contributed by atoms with E-state index in [1.807, 2.05) is 30.5 Å². The van der Waals surface area contributed by atoms with Crippen LogP contribution in [0.5, 0.6) is 0 Å². The molecule has 56 heavy (non-hydrogen) atoms. The molecule has 7 amide bonds. The van der Waals surface area contributed by atoms with Crippen LogP contribution >= 0.6 is 21.6 Å². The quantitative estimate of drug-likeness (QED) is 0.146. The van der Waals surface area contributed by atoms with Crippen molar-refractivity contribution in [1.82, 2.24) is 47.1 Å². The van der Waals surface area contributed by atoms with E-state index in [1.165, 1.54) is 33.4 Å². The SMILES string of the molecule is C[C@@H]1NC(=O)C(CC(=O)O)NC(=O)CNC(=O)[C@H](CNC(=O)C2CCNCC2)NC(=O)CCSSCCNC(=O)[C@H](C)N(CCc2c[nH]c3ccccc23)C1=O. The number of para-hydroxylation sites is 1. The average molecular weight is 818 g/mol. The van der Waals surface area contributed by atoms with Gasteiger partial charge in [-0.2, -0.15) is 0 Å². The molecule has 0 aliphatic carbocycles. The van der Waals surface area contributed by atoms with Crippen molar-refractivity contribution in [2.75, 3.05) is 50.8 Å². The van der Waals surface area contributed by atoms with Crippen LogP contribution in [0.1, 0.15) is 45.1 Å². The van der Waals surface area contributed by atoms with E-state index in [-0.39, 0.29) is 37.9 Å². The van der Waals surface area contributed by atoms with Crippen LogP contribution in [0.2, 0.25) is 0 Å². The number of rotatable bonds is 8. The highest BCUT2D eigenvalue weighted by Crippen LogP contribution is 2.22. The van der Waals surface area contributed by atoms with Gasteiger partial charge in [0.15, 0.2) is 0 Å². The molecule has 0 bridgehead atoms. The van der Waals surface area contributed by atoms with Crippen molar-refractivity contribution in [3.63, 3.8) is 0 Å². The summed E-state index contributed by atoms with van der Waals surface area (Å²) in [5.74, 6) is -5.24. The Kier molecular flexibility index (Phi) is 17.3. The summed E-state index contributed by atoms with van der Waals surface area (Å²) >= 11 is 0. The lowest BCUT2D eigenvalue weighted by Gasteiger charge is -2.31. The number of piperidine rings is 1. The van der Waals surface area contributed by atoms with Gasteiger partial charge >= 0.3 is 5.97 Å². The molecule has 2 saturated heterocycles. The Morgan fingerprint density at radius 3 is 2.32 bits per heavy atom. The second kappa shape index (κ2) is 22.1. The largest absolute Gasteiger partial charge is 0.481 e. The fourth-order valence-corrected chi connectivity index (χ4v) is 8.18. The van der Waals surface area contributed by atoms with Crippen LogP contribution in [-0.2, 0) is 44.8 Å². The zero-order valence-corrected chi connectivity index (χ0v) is 33.1. The fourth-order valence-electron chi connectivity index (χ4n) is 6.28. The summed E-state index contributed by atoms with van der Waals surface area (Å²) < 4.78 is 0. The molecule has 306 valence electrons. The number of benzene rings is 1. The van der Waals surface area contributed by atoms with Crippen molar-refractivity contribution in [2.45, 2.75) is 70.1 Å². The van der Waals surface area contributed by atoms with Crippen LogP contribution in [0, 0.1) is 5.92 Å². The first-order valence-corrected chi connectivity index (χ1v) is 21.1. The number of amides is 7. The number of aromatic nitrogens is 1. The average Bonchev–Trinajstić information content (AvgIpc) is 3.60. The van der Waals surface area contributed by atoms with Gasteiger partial charge < -0.3 is 52.2 Å². The monoisotopic (exact) mass is 817 g/mol. The van der Waals surface area contributed by atoms with E-state index in [2.05, 4.69) is 42.2 Å². The molecule has 2 aromatic rings. The number of carbonyl (C=O) groups is 8. The van der Waals surface area contributed by atoms with Gasteiger partial charge in [0, 0.05) is 60.6 Å². The lowest BCUT2D eigenvalue weighted by Crippen LogP contribution is -2.58. The Hall–Kier alpha value is -4.82. The van der Waals surface area contributed by atoms with Gasteiger partial charge in [0.05, 0.1) is 13.0 Å². The number of aliphatic carboxylic acids is 1. The maximum absolute atomic E-state index is 13.9. The minimum Gasteiger partial charge on any atom is -0.481 e. The first-order chi connectivity index (χ1) is 26.8. The number of hydrogen-bond donors (Lipinski definition) is 9. The molecule has 9 N–H and O–H groups in total. The smallest absolute Gasteiger partial charge is 0.305 e. The van der Waals surface area contributed by atoms with Gasteiger partial charge in [0.2, 0.25) is 41.4 Å². The molecular weight excluding hydrogens is 767 g/mol. The summed E-state index contributed by atoms with van der Waals surface area (Å²) in [6, 6.07) is 2.59. The Morgan fingerprint density at radius 2 is 1.57 bits per heavy atom. The number of hydrogen-bond acceptors (Lipinski definition) is 11. The van der Waals surface area contributed by atoms with E-state index >= 15 is 0 Å². The normalized spacial score (nSPS) is 23.6. The minimum absolute atomic E-state index is 0.0330. The number of H-pyrrole nitrogens is 1. The fraction of sp³-hybridized carbons (Fsp3) is 0.556. The van der Waals surface area contributed by atoms with Crippen molar-refractivity contribution < 1.29 is 43.5 Å². The van der Waals surface area contributed by atoms with E-state index in [0.29, 0.717) is 43.9 Å². The maximum atomic E-state index is 13.9. The van der Waals surface area contributed by atoms with Gasteiger partial charge in [0.1, 0.15) is 24.2 Å². The zero-order chi connectivity index (χ0) is 40.6. The molecule has 4 rings (SSSR count). The van der Waals surface area contributed by atoms with E-state index in [1.54, 1.807) is 6.92 Å². The third-order valence-electron chi connectivity index (χ3n) is 9.43. The highest BCUT2D eigenvalue weighted by Gasteiger charge is 2.33. The van der Waals surface area contributed by atoms with Gasteiger partial charge in [-0.05, 0) is 57.8 Å². The highest BCUT2D eigenvalue weighted by molar-refractivity contribution is 8.76. The van der Waals surface area contributed by atoms with Crippen molar-refractivity contribution in [1.29, 1.82) is 0 Å². The number of carboxylic acid groups (broad SMARTS) is 1. The summed E-state index contributed by atoms with van der Waals surface area (Å²) in [6.07, 6.45) is 2.64. The molecule has 20 heteroatoms. The number of carboxylic acids is 1. The van der Waals surface area contributed by atoms with Crippen LogP contribution in [0.3, 0.4) is 0 Å². The molecule has 1 unspecified atom stereocenters. The first kappa shape index (κ1) is 43.9. The van der Waals surface area contributed by atoms with Crippen LogP contribution in [-0.4, -0.2) is 137 Å². The molecule has 3 heterocycles. The number of aromatic amines is 1. The van der Waals surface area contributed by atoms with Crippen molar-refractivity contribution >= 4 is 79.8 Å². The van der Waals surface area contributed by atoms with E-state index in [9.17, 15) is 43.5 Å². The third-order valence-corrected chi connectivity index (χ3v) is 11.8. The van der Waals surface area contributed by atoms with Crippen molar-refractivity contribution in [2.24, 2.45) is 5.92 Å². The third kappa shape index (κ3) is 13.4. The number of nitrogens with zero attached hydrogens (tertiary/aromatic N) is 1. The highest BCUT2D eigenvalue weighted by atomic mass is 33.1. The van der Waals surface area contributed by atoms with E-state index < -0.39 is 78.5 Å². The summed E-state index contributed by atoms with van der Waals surface area (Å²) in [6.45, 7) is 3.78. The molecule has 0 saturated carbocycles. The molecule has 1 aromatic heterocycles. The molecule has 0 radical (unpaired) electrons. The van der Waals surface area contributed by atoms with Gasteiger partial charge in [0.25, 0.3) is 0 Å². The van der Waals surface area contributed by atoms with Gasteiger partial charge in [-0.1, -0.05) is 39.8 Å². The second-order valence-electron chi connectivity index (χ2n) is 13.6. The Bertz CT molecular complexity index is 1740. The standard InChI is InChI=1S/C36H51N9O9S2/c1-21-36(54)45(14-9-24-18-39-26-6-4-3-5-25(24)26)22(2)32(50)38-13-16-56-55-15-10-29(46)44-28(19-40-33(51)23-7-11-37-12-8-23)34(52)41-20-30(47)43-27(17-31(48)49)35(53)42-21/h3-6,18,21-23,27-28,37,39H,7-17,19-20H2,1-2H3,(H,38,50)(H,40,51)(H,41,52)(H,42,53)(H,43,47)(H,44,46)(H,48,49)/t21-,22-,27?,28-/m0/s1. The van der Waals surface area contributed by atoms with E-state index in [4.69, 9.17) is 0 Å². The molecule has 2 aliphatic rings. The Morgan fingerprint density at radius 1 is 0.857 bits per heavy atom. The summed E-state index contributed by atoms with van der Waals surface area (Å²) in [4.78, 5) is 109. The predicted octanol–water partition coefficient (Wildman–Crippen LogP) is -0.990. The van der Waals surface area contributed by atoms with Crippen LogP contribution in [0.25, 0.3) is 10.9 Å². The Balaban J connectivity index is 1.49. The van der Waals surface area contributed by atoms with Gasteiger partial charge in [-0.3, -0.25) is 38.4 Å². The minimum atomic E-state index is -1.64. The first-order valence-electron chi connectivity index (χ1n) is 18.6. The number of carbonyl (C=O) groups excluding carboxylic acids is 7. The summed E-state index contributed by atoms with van der Waals surface area (Å²) in [7, 11) is 2.82. The van der Waals surface area contributed by atoms with Crippen LogP contribution in [0.15, 0.2) is 30.5 Å².